The number of nitrogens with zero attached hydrogens (tertiary/aromatic N) is 1. The number of carbonyl (C=O) groups is 2. The number of amides is 1. The van der Waals surface area contributed by atoms with Gasteiger partial charge in [0.05, 0.1) is 0 Å². The van der Waals surface area contributed by atoms with Crippen molar-refractivity contribution in [1.29, 1.82) is 0 Å². The summed E-state index contributed by atoms with van der Waals surface area (Å²) in [5.41, 5.74) is 4.78. The van der Waals surface area contributed by atoms with Gasteiger partial charge in [-0.1, -0.05) is 49.2 Å². The summed E-state index contributed by atoms with van der Waals surface area (Å²) in [5.74, 6) is -0.555. The lowest BCUT2D eigenvalue weighted by Crippen LogP contribution is -2.37. The molecule has 1 aromatic heterocycles. The van der Waals surface area contributed by atoms with Gasteiger partial charge in [-0.2, -0.15) is 0 Å². The number of carbonyl (C=O) groups excluding carboxylic acids is 2. The third-order valence-corrected chi connectivity index (χ3v) is 6.06. The monoisotopic (exact) mass is 428 g/mol. The summed E-state index contributed by atoms with van der Waals surface area (Å²) in [6, 6.07) is 14.7. The van der Waals surface area contributed by atoms with Crippen molar-refractivity contribution in [3.63, 3.8) is 0 Å². The fraction of sp³-hybridized carbons (Fsp3) is 0.296. The van der Waals surface area contributed by atoms with Crippen LogP contribution in [0.15, 0.2) is 53.3 Å². The Morgan fingerprint density at radius 1 is 0.906 bits per heavy atom. The molecule has 0 radical (unpaired) electrons. The summed E-state index contributed by atoms with van der Waals surface area (Å²) in [6.45, 7) is 9.92. The molecule has 2 aromatic carbocycles. The molecule has 0 saturated heterocycles. The van der Waals surface area contributed by atoms with E-state index in [2.05, 4.69) is 5.32 Å². The van der Waals surface area contributed by atoms with Gasteiger partial charge in [-0.3, -0.25) is 19.0 Å². The van der Waals surface area contributed by atoms with Crippen molar-refractivity contribution in [2.24, 2.45) is 5.41 Å². The SMILES string of the molecule is Cc1ccc(-n2c3c(cc(C(=O)Nc4ccc(C)cc4C)c2=O)C(=O)CC(C)(C)C3)cc1. The van der Waals surface area contributed by atoms with Crippen LogP contribution < -0.4 is 10.9 Å². The summed E-state index contributed by atoms with van der Waals surface area (Å²) in [7, 11) is 0. The molecule has 0 fully saturated rings. The number of benzene rings is 2. The highest BCUT2D eigenvalue weighted by Gasteiger charge is 2.35. The number of hydrogen-bond acceptors (Lipinski definition) is 3. The Hall–Kier alpha value is -3.47. The Kier molecular flexibility index (Phi) is 5.37. The molecule has 0 aliphatic heterocycles. The van der Waals surface area contributed by atoms with Gasteiger partial charge in [-0.15, -0.1) is 0 Å². The zero-order chi connectivity index (χ0) is 23.2. The number of nitrogens with one attached hydrogen (secondary N) is 1. The summed E-state index contributed by atoms with van der Waals surface area (Å²) < 4.78 is 1.55. The molecule has 5 heteroatoms. The molecule has 1 amide bonds. The first-order valence-electron chi connectivity index (χ1n) is 10.8. The summed E-state index contributed by atoms with van der Waals surface area (Å²) in [5, 5.41) is 2.86. The quantitative estimate of drug-likeness (QED) is 0.626. The minimum Gasteiger partial charge on any atom is -0.322 e. The highest BCUT2D eigenvalue weighted by atomic mass is 16.2. The summed E-state index contributed by atoms with van der Waals surface area (Å²) >= 11 is 0. The maximum absolute atomic E-state index is 13.6. The molecule has 32 heavy (non-hydrogen) atoms. The molecule has 3 aromatic rings. The van der Waals surface area contributed by atoms with E-state index in [1.807, 2.05) is 77.1 Å². The zero-order valence-electron chi connectivity index (χ0n) is 19.2. The smallest absolute Gasteiger partial charge is 0.268 e. The molecule has 1 aliphatic carbocycles. The Morgan fingerprint density at radius 3 is 2.22 bits per heavy atom. The number of aromatic nitrogens is 1. The number of aryl methyl sites for hydroxylation is 3. The van der Waals surface area contributed by atoms with E-state index < -0.39 is 11.5 Å². The predicted molar refractivity (Wildman–Crippen MR) is 127 cm³/mol. The molecule has 1 heterocycles. The zero-order valence-corrected chi connectivity index (χ0v) is 19.2. The molecular formula is C27H28N2O3. The van der Waals surface area contributed by atoms with Gasteiger partial charge < -0.3 is 5.32 Å². The first kappa shape index (κ1) is 21.8. The topological polar surface area (TPSA) is 68.2 Å². The number of pyridine rings is 1. The second kappa shape index (κ2) is 7.90. The lowest BCUT2D eigenvalue weighted by atomic mass is 9.75. The van der Waals surface area contributed by atoms with Crippen LogP contribution >= 0.6 is 0 Å². The van der Waals surface area contributed by atoms with Gasteiger partial charge in [0.2, 0.25) is 0 Å². The van der Waals surface area contributed by atoms with E-state index in [0.29, 0.717) is 35.5 Å². The molecule has 5 nitrogen and oxygen atoms in total. The van der Waals surface area contributed by atoms with E-state index in [-0.39, 0.29) is 16.8 Å². The highest BCUT2D eigenvalue weighted by Crippen LogP contribution is 2.35. The number of rotatable bonds is 3. The van der Waals surface area contributed by atoms with Gasteiger partial charge in [0.1, 0.15) is 5.56 Å². The minimum absolute atomic E-state index is 0.0302. The normalized spacial score (nSPS) is 14.7. The lowest BCUT2D eigenvalue weighted by Gasteiger charge is -2.32. The van der Waals surface area contributed by atoms with Crippen molar-refractivity contribution in [2.45, 2.75) is 47.5 Å². The van der Waals surface area contributed by atoms with Crippen LogP contribution in [0, 0.1) is 26.2 Å². The minimum atomic E-state index is -0.511. The standard InChI is InChI=1S/C27H28N2O3/c1-16-6-9-19(10-7-16)29-23-14-27(4,5)15-24(30)20(23)13-21(26(29)32)25(31)28-22-11-8-17(2)12-18(22)3/h6-13H,14-15H2,1-5H3,(H,28,31). The van der Waals surface area contributed by atoms with Crippen LogP contribution in [0.1, 0.15) is 63.4 Å². The van der Waals surface area contributed by atoms with Crippen LogP contribution in [0.4, 0.5) is 5.69 Å². The van der Waals surface area contributed by atoms with Crippen molar-refractivity contribution >= 4 is 17.4 Å². The molecule has 164 valence electrons. The largest absolute Gasteiger partial charge is 0.322 e. The Bertz CT molecular complexity index is 1300. The first-order valence-corrected chi connectivity index (χ1v) is 10.8. The van der Waals surface area contributed by atoms with Crippen LogP contribution in [0.3, 0.4) is 0 Å². The molecule has 0 bridgehead atoms. The second-order valence-corrected chi connectivity index (χ2v) is 9.61. The van der Waals surface area contributed by atoms with Gasteiger partial charge in [0, 0.05) is 29.1 Å². The average Bonchev–Trinajstić information content (AvgIpc) is 2.70. The molecule has 0 spiro atoms. The molecule has 0 unspecified atom stereocenters. The van der Waals surface area contributed by atoms with Gasteiger partial charge >= 0.3 is 0 Å². The van der Waals surface area contributed by atoms with Gasteiger partial charge in [-0.05, 0) is 62.4 Å². The first-order chi connectivity index (χ1) is 15.1. The Balaban J connectivity index is 1.89. The van der Waals surface area contributed by atoms with Crippen molar-refractivity contribution in [2.75, 3.05) is 5.32 Å². The number of anilines is 1. The average molecular weight is 429 g/mol. The number of hydrogen-bond donors (Lipinski definition) is 1. The summed E-state index contributed by atoms with van der Waals surface area (Å²) in [6.07, 6.45) is 0.959. The van der Waals surface area contributed by atoms with E-state index >= 15 is 0 Å². The number of Topliss-reactive ketones (excluding diaryl/α,β-unsaturated/α-hetero) is 1. The maximum Gasteiger partial charge on any atom is 0.268 e. The number of ketones is 1. The number of fused-ring (bicyclic) bond motifs is 1. The van der Waals surface area contributed by atoms with Gasteiger partial charge in [0.25, 0.3) is 11.5 Å². The fourth-order valence-electron chi connectivity index (χ4n) is 4.39. The molecule has 1 N–H and O–H groups in total. The van der Waals surface area contributed by atoms with Gasteiger partial charge in [-0.25, -0.2) is 0 Å². The molecule has 1 aliphatic rings. The van der Waals surface area contributed by atoms with E-state index in [1.165, 1.54) is 6.07 Å². The van der Waals surface area contributed by atoms with Crippen LogP contribution in [-0.4, -0.2) is 16.3 Å². The molecule has 0 atom stereocenters. The second-order valence-electron chi connectivity index (χ2n) is 9.61. The van der Waals surface area contributed by atoms with Gasteiger partial charge in [0.15, 0.2) is 5.78 Å². The van der Waals surface area contributed by atoms with Crippen LogP contribution in [0.2, 0.25) is 0 Å². The van der Waals surface area contributed by atoms with Crippen molar-refractivity contribution < 1.29 is 9.59 Å². The van der Waals surface area contributed by atoms with E-state index in [0.717, 1.165) is 16.7 Å². The van der Waals surface area contributed by atoms with Crippen LogP contribution in [0.25, 0.3) is 5.69 Å². The maximum atomic E-state index is 13.6. The van der Waals surface area contributed by atoms with E-state index in [9.17, 15) is 14.4 Å². The van der Waals surface area contributed by atoms with E-state index in [1.54, 1.807) is 4.57 Å². The predicted octanol–water partition coefficient (Wildman–Crippen LogP) is 5.17. The third-order valence-electron chi connectivity index (χ3n) is 6.06. The van der Waals surface area contributed by atoms with Crippen LogP contribution in [0.5, 0.6) is 0 Å². The Morgan fingerprint density at radius 2 is 1.56 bits per heavy atom. The summed E-state index contributed by atoms with van der Waals surface area (Å²) in [4.78, 5) is 39.8. The Labute approximate surface area is 188 Å². The molecule has 0 saturated carbocycles. The van der Waals surface area contributed by atoms with Crippen LogP contribution in [-0.2, 0) is 6.42 Å². The molecular weight excluding hydrogens is 400 g/mol. The van der Waals surface area contributed by atoms with Crippen molar-refractivity contribution in [3.05, 3.63) is 92.4 Å². The van der Waals surface area contributed by atoms with Crippen molar-refractivity contribution in [3.8, 4) is 5.69 Å². The van der Waals surface area contributed by atoms with E-state index in [4.69, 9.17) is 0 Å². The lowest BCUT2D eigenvalue weighted by molar-refractivity contribution is 0.0909. The molecule has 4 rings (SSSR count). The fourth-order valence-corrected chi connectivity index (χ4v) is 4.39. The highest BCUT2D eigenvalue weighted by molar-refractivity contribution is 6.07. The van der Waals surface area contributed by atoms with Crippen molar-refractivity contribution in [1.82, 2.24) is 4.57 Å². The third kappa shape index (κ3) is 4.03.